The number of halogens is 1. The number of hydrogen-bond acceptors (Lipinski definition) is 5. The number of anilines is 1. The fourth-order valence-electron chi connectivity index (χ4n) is 4.78. The summed E-state index contributed by atoms with van der Waals surface area (Å²) >= 11 is 6.42. The van der Waals surface area contributed by atoms with Crippen LogP contribution in [0.5, 0.6) is 5.75 Å². The van der Waals surface area contributed by atoms with E-state index in [2.05, 4.69) is 5.32 Å². The van der Waals surface area contributed by atoms with E-state index in [4.69, 9.17) is 16.3 Å². The normalized spacial score (nSPS) is 14.4. The molecule has 3 aromatic carbocycles. The van der Waals surface area contributed by atoms with Gasteiger partial charge in [0.05, 0.1) is 17.7 Å². The molecule has 1 aliphatic rings. The molecule has 3 aromatic rings. The summed E-state index contributed by atoms with van der Waals surface area (Å²) in [6.45, 7) is 1.18. The second-order valence-corrected chi connectivity index (χ2v) is 12.1. The molecular formula is C30H34ClN3O5S. The Balaban J connectivity index is 1.68. The highest BCUT2D eigenvalue weighted by Crippen LogP contribution is 2.27. The van der Waals surface area contributed by atoms with Crippen LogP contribution >= 0.6 is 11.6 Å². The zero-order chi connectivity index (χ0) is 28.7. The number of hydrogen-bond donors (Lipinski definition) is 1. The van der Waals surface area contributed by atoms with E-state index in [1.165, 1.54) is 24.1 Å². The highest BCUT2D eigenvalue weighted by Gasteiger charge is 2.33. The number of methoxy groups -OCH3 is 1. The van der Waals surface area contributed by atoms with Crippen molar-refractivity contribution in [3.05, 3.63) is 89.4 Å². The molecular weight excluding hydrogens is 550 g/mol. The topological polar surface area (TPSA) is 96.0 Å². The van der Waals surface area contributed by atoms with Crippen LogP contribution in [0, 0.1) is 0 Å². The number of nitrogens with zero attached hydrogens (tertiary/aromatic N) is 2. The van der Waals surface area contributed by atoms with Gasteiger partial charge in [-0.25, -0.2) is 8.42 Å². The minimum absolute atomic E-state index is 0.0413. The SMILES string of the molecule is COc1ccc(N(CC(=O)N(Cc2ccccc2Cl)C(C)C(=O)NC2CCCC2)S(=O)(=O)c2ccccc2)cc1. The number of amides is 2. The summed E-state index contributed by atoms with van der Waals surface area (Å²) in [5.74, 6) is -0.275. The van der Waals surface area contributed by atoms with Gasteiger partial charge in [-0.15, -0.1) is 0 Å². The molecule has 0 saturated heterocycles. The predicted molar refractivity (Wildman–Crippen MR) is 156 cm³/mol. The Bertz CT molecular complexity index is 1410. The largest absolute Gasteiger partial charge is 0.497 e. The maximum absolute atomic E-state index is 14.0. The van der Waals surface area contributed by atoms with E-state index in [1.54, 1.807) is 73.7 Å². The van der Waals surface area contributed by atoms with E-state index in [-0.39, 0.29) is 23.4 Å². The van der Waals surface area contributed by atoms with Gasteiger partial charge in [0.25, 0.3) is 10.0 Å². The van der Waals surface area contributed by atoms with Gasteiger partial charge in [-0.1, -0.05) is 60.8 Å². The average Bonchev–Trinajstić information content (AvgIpc) is 3.48. The summed E-state index contributed by atoms with van der Waals surface area (Å²) in [5.41, 5.74) is 0.943. The number of benzene rings is 3. The lowest BCUT2D eigenvalue weighted by molar-refractivity contribution is -0.139. The molecule has 0 heterocycles. The van der Waals surface area contributed by atoms with Crippen molar-refractivity contribution < 1.29 is 22.7 Å². The summed E-state index contributed by atoms with van der Waals surface area (Å²) in [6.07, 6.45) is 3.90. The minimum Gasteiger partial charge on any atom is -0.497 e. The first-order valence-corrected chi connectivity index (χ1v) is 15.1. The molecule has 8 nitrogen and oxygen atoms in total. The molecule has 0 aromatic heterocycles. The molecule has 0 spiro atoms. The first-order chi connectivity index (χ1) is 19.2. The van der Waals surface area contributed by atoms with Crippen LogP contribution < -0.4 is 14.4 Å². The molecule has 4 rings (SSSR count). The molecule has 1 saturated carbocycles. The molecule has 0 bridgehead atoms. The number of carbonyl (C=O) groups is 2. The van der Waals surface area contributed by atoms with Crippen molar-refractivity contribution in [3.63, 3.8) is 0 Å². The molecule has 0 aliphatic heterocycles. The zero-order valence-electron chi connectivity index (χ0n) is 22.6. The van der Waals surface area contributed by atoms with Gasteiger partial charge in [0.2, 0.25) is 11.8 Å². The third kappa shape index (κ3) is 6.95. The van der Waals surface area contributed by atoms with Gasteiger partial charge in [0.15, 0.2) is 0 Å². The molecule has 1 aliphatic carbocycles. The zero-order valence-corrected chi connectivity index (χ0v) is 24.2. The average molecular weight is 584 g/mol. The molecule has 1 atom stereocenters. The van der Waals surface area contributed by atoms with Crippen LogP contribution in [0.3, 0.4) is 0 Å². The van der Waals surface area contributed by atoms with Crippen molar-refractivity contribution >= 4 is 39.1 Å². The van der Waals surface area contributed by atoms with Crippen molar-refractivity contribution in [3.8, 4) is 5.75 Å². The van der Waals surface area contributed by atoms with Crippen LogP contribution in [0.1, 0.15) is 38.2 Å². The maximum atomic E-state index is 14.0. The van der Waals surface area contributed by atoms with Crippen LogP contribution in [0.2, 0.25) is 5.02 Å². The summed E-state index contributed by atoms with van der Waals surface area (Å²) in [4.78, 5) is 28.7. The number of carbonyl (C=O) groups excluding carboxylic acids is 2. The second-order valence-electron chi connectivity index (χ2n) is 9.80. The molecule has 1 unspecified atom stereocenters. The summed E-state index contributed by atoms with van der Waals surface area (Å²) in [6, 6.07) is 20.7. The molecule has 10 heteroatoms. The van der Waals surface area contributed by atoms with Gasteiger partial charge in [0, 0.05) is 17.6 Å². The number of sulfonamides is 1. The summed E-state index contributed by atoms with van der Waals surface area (Å²) in [7, 11) is -2.61. The van der Waals surface area contributed by atoms with E-state index >= 15 is 0 Å². The van der Waals surface area contributed by atoms with Crippen LogP contribution in [-0.2, 0) is 26.2 Å². The van der Waals surface area contributed by atoms with Crippen molar-refractivity contribution in [1.29, 1.82) is 0 Å². The Morgan fingerprint density at radius 2 is 1.60 bits per heavy atom. The summed E-state index contributed by atoms with van der Waals surface area (Å²) < 4.78 is 33.9. The third-order valence-electron chi connectivity index (χ3n) is 7.14. The molecule has 1 N–H and O–H groups in total. The molecule has 40 heavy (non-hydrogen) atoms. The Morgan fingerprint density at radius 3 is 2.23 bits per heavy atom. The highest BCUT2D eigenvalue weighted by molar-refractivity contribution is 7.92. The van der Waals surface area contributed by atoms with Crippen LogP contribution in [0.25, 0.3) is 0 Å². The van der Waals surface area contributed by atoms with Crippen molar-refractivity contribution in [2.45, 2.75) is 56.1 Å². The molecule has 0 radical (unpaired) electrons. The van der Waals surface area contributed by atoms with Crippen molar-refractivity contribution in [2.24, 2.45) is 0 Å². The fraction of sp³-hybridized carbons (Fsp3) is 0.333. The minimum atomic E-state index is -4.13. The number of nitrogens with one attached hydrogen (secondary N) is 1. The Morgan fingerprint density at radius 1 is 0.975 bits per heavy atom. The lowest BCUT2D eigenvalue weighted by Gasteiger charge is -2.32. The van der Waals surface area contributed by atoms with E-state index in [9.17, 15) is 18.0 Å². The fourth-order valence-corrected chi connectivity index (χ4v) is 6.41. The monoisotopic (exact) mass is 583 g/mol. The highest BCUT2D eigenvalue weighted by atomic mass is 35.5. The lowest BCUT2D eigenvalue weighted by atomic mass is 10.1. The smallest absolute Gasteiger partial charge is 0.264 e. The van der Waals surface area contributed by atoms with Gasteiger partial charge < -0.3 is 15.0 Å². The second kappa shape index (κ2) is 13.2. The van der Waals surface area contributed by atoms with Crippen LogP contribution in [0.15, 0.2) is 83.8 Å². The Labute approximate surface area is 240 Å². The van der Waals surface area contributed by atoms with Gasteiger partial charge in [-0.3, -0.25) is 13.9 Å². The van der Waals surface area contributed by atoms with Crippen molar-refractivity contribution in [1.82, 2.24) is 10.2 Å². The van der Waals surface area contributed by atoms with E-state index in [0.29, 0.717) is 22.0 Å². The van der Waals surface area contributed by atoms with Gasteiger partial charge >= 0.3 is 0 Å². The quantitative estimate of drug-likeness (QED) is 0.342. The van der Waals surface area contributed by atoms with Crippen LogP contribution in [0.4, 0.5) is 5.69 Å². The summed E-state index contributed by atoms with van der Waals surface area (Å²) in [5, 5.41) is 3.51. The first kappa shape index (κ1) is 29.4. The van der Waals surface area contributed by atoms with Gasteiger partial charge in [-0.2, -0.15) is 0 Å². The lowest BCUT2D eigenvalue weighted by Crippen LogP contribution is -2.52. The number of ether oxygens (including phenoxy) is 1. The van der Waals surface area contributed by atoms with Crippen molar-refractivity contribution in [2.75, 3.05) is 18.0 Å². The maximum Gasteiger partial charge on any atom is 0.264 e. The molecule has 2 amide bonds. The van der Waals surface area contributed by atoms with E-state index < -0.39 is 28.5 Å². The number of rotatable bonds is 11. The van der Waals surface area contributed by atoms with Gasteiger partial charge in [0.1, 0.15) is 18.3 Å². The van der Waals surface area contributed by atoms with Crippen LogP contribution in [-0.4, -0.2) is 50.9 Å². The Hall–Kier alpha value is -3.56. The van der Waals surface area contributed by atoms with E-state index in [0.717, 1.165) is 30.0 Å². The predicted octanol–water partition coefficient (Wildman–Crippen LogP) is 5.02. The standard InChI is InChI=1S/C30H34ClN3O5S/c1-22(30(36)32-24-11-7-8-12-24)33(20-23-10-6-9-15-28(23)31)29(35)21-34(25-16-18-26(39-2)19-17-25)40(37,38)27-13-4-3-5-14-27/h3-6,9-10,13-19,22,24H,7-8,11-12,20-21H2,1-2H3,(H,32,36). The van der Waals surface area contributed by atoms with Gasteiger partial charge in [-0.05, 0) is 67.8 Å². The Kier molecular flexibility index (Phi) is 9.71. The third-order valence-corrected chi connectivity index (χ3v) is 9.29. The molecule has 212 valence electrons. The molecule has 1 fully saturated rings. The first-order valence-electron chi connectivity index (χ1n) is 13.3. The van der Waals surface area contributed by atoms with E-state index in [1.807, 2.05) is 0 Å².